The molecule has 0 radical (unpaired) electrons. The van der Waals surface area contributed by atoms with Gasteiger partial charge in [-0.05, 0) is 23.8 Å². The van der Waals surface area contributed by atoms with Crippen LogP contribution in [-0.2, 0) is 0 Å². The third-order valence-electron chi connectivity index (χ3n) is 3.07. The Morgan fingerprint density at radius 3 is 2.65 bits per heavy atom. The van der Waals surface area contributed by atoms with Crippen LogP contribution >= 0.6 is 15.9 Å². The van der Waals surface area contributed by atoms with Crippen LogP contribution in [-0.4, -0.2) is 13.7 Å². The molecule has 0 bridgehead atoms. The molecule has 0 aromatic heterocycles. The molecular formula is C19H14BrNO2. The van der Waals surface area contributed by atoms with Crippen molar-refractivity contribution in [3.63, 3.8) is 0 Å². The van der Waals surface area contributed by atoms with Gasteiger partial charge in [0.15, 0.2) is 11.5 Å². The van der Waals surface area contributed by atoms with Crippen LogP contribution in [0, 0.1) is 23.7 Å². The summed E-state index contributed by atoms with van der Waals surface area (Å²) < 4.78 is 11.8. The van der Waals surface area contributed by atoms with Gasteiger partial charge in [0.1, 0.15) is 6.61 Å². The lowest BCUT2D eigenvalue weighted by Crippen LogP contribution is -1.99. The minimum absolute atomic E-state index is 0.117. The number of rotatable bonds is 5. The van der Waals surface area contributed by atoms with Gasteiger partial charge < -0.3 is 9.47 Å². The van der Waals surface area contributed by atoms with Gasteiger partial charge in [-0.3, -0.25) is 0 Å². The van der Waals surface area contributed by atoms with E-state index in [-0.39, 0.29) is 6.61 Å². The topological polar surface area (TPSA) is 42.2 Å². The molecule has 0 atom stereocenters. The summed E-state index contributed by atoms with van der Waals surface area (Å²) in [4.78, 5) is 0. The third-order valence-corrected chi connectivity index (χ3v) is 3.53. The van der Waals surface area contributed by atoms with E-state index in [0.717, 1.165) is 10.0 Å². The number of ether oxygens (including phenoxy) is 2. The summed E-state index contributed by atoms with van der Waals surface area (Å²) in [6, 6.07) is 15.3. The van der Waals surface area contributed by atoms with Crippen LogP contribution < -0.4 is 9.47 Å². The van der Waals surface area contributed by atoms with E-state index in [4.69, 9.17) is 15.9 Å². The fourth-order valence-corrected chi connectivity index (χ4v) is 2.52. The molecule has 0 aliphatic rings. The molecule has 2 aromatic carbocycles. The highest BCUT2D eigenvalue weighted by Crippen LogP contribution is 2.37. The maximum atomic E-state index is 9.47. The summed E-state index contributed by atoms with van der Waals surface area (Å²) in [6.07, 6.45) is 7.03. The van der Waals surface area contributed by atoms with Crippen molar-refractivity contribution in [2.24, 2.45) is 0 Å². The van der Waals surface area contributed by atoms with Crippen molar-refractivity contribution in [1.29, 1.82) is 5.26 Å². The monoisotopic (exact) mass is 367 g/mol. The van der Waals surface area contributed by atoms with E-state index in [1.54, 1.807) is 19.3 Å². The van der Waals surface area contributed by atoms with E-state index in [1.807, 2.05) is 36.4 Å². The van der Waals surface area contributed by atoms with Crippen LogP contribution in [0.1, 0.15) is 11.1 Å². The SMILES string of the molecule is C#CCOc1c(/C=C(\C#N)c2ccccc2)cc(Br)cc1OC. The van der Waals surface area contributed by atoms with E-state index >= 15 is 0 Å². The van der Waals surface area contributed by atoms with Crippen LogP contribution in [0.25, 0.3) is 11.6 Å². The third kappa shape index (κ3) is 4.16. The summed E-state index contributed by atoms with van der Waals surface area (Å²) in [7, 11) is 1.56. The van der Waals surface area contributed by atoms with E-state index in [0.29, 0.717) is 22.6 Å². The second-order valence-electron chi connectivity index (χ2n) is 4.56. The molecule has 0 heterocycles. The summed E-state index contributed by atoms with van der Waals surface area (Å²) in [5.74, 6) is 3.49. The average molecular weight is 368 g/mol. The number of halogens is 1. The van der Waals surface area contributed by atoms with Crippen molar-refractivity contribution in [3.05, 3.63) is 58.1 Å². The highest BCUT2D eigenvalue weighted by molar-refractivity contribution is 9.10. The molecular weight excluding hydrogens is 354 g/mol. The minimum Gasteiger partial charge on any atom is -0.493 e. The zero-order valence-electron chi connectivity index (χ0n) is 12.5. The molecule has 23 heavy (non-hydrogen) atoms. The molecule has 0 N–H and O–H groups in total. The summed E-state index contributed by atoms with van der Waals surface area (Å²) in [6.45, 7) is 0.117. The van der Waals surface area contributed by atoms with E-state index in [2.05, 4.69) is 27.9 Å². The lowest BCUT2D eigenvalue weighted by atomic mass is 10.0. The molecule has 2 rings (SSSR count). The van der Waals surface area contributed by atoms with Crippen molar-refractivity contribution >= 4 is 27.6 Å². The highest BCUT2D eigenvalue weighted by atomic mass is 79.9. The van der Waals surface area contributed by atoms with Crippen LogP contribution in [0.3, 0.4) is 0 Å². The largest absolute Gasteiger partial charge is 0.493 e. The Bertz CT molecular complexity index is 799. The standard InChI is InChI=1S/C19H14BrNO2/c1-3-9-23-19-15(11-17(20)12-18(19)22-2)10-16(13-21)14-7-5-4-6-8-14/h1,4-8,10-12H,9H2,2H3/b16-10+. The smallest absolute Gasteiger partial charge is 0.169 e. The summed E-state index contributed by atoms with van der Waals surface area (Å²) >= 11 is 3.44. The van der Waals surface area contributed by atoms with Crippen LogP contribution in [0.4, 0.5) is 0 Å². The van der Waals surface area contributed by atoms with Crippen molar-refractivity contribution in [2.45, 2.75) is 0 Å². The fraction of sp³-hybridized carbons (Fsp3) is 0.105. The van der Waals surface area contributed by atoms with Gasteiger partial charge in [0.2, 0.25) is 0 Å². The van der Waals surface area contributed by atoms with Gasteiger partial charge in [-0.15, -0.1) is 6.42 Å². The quantitative estimate of drug-likeness (QED) is 0.442. The minimum atomic E-state index is 0.117. The Hall–Kier alpha value is -2.69. The maximum absolute atomic E-state index is 9.47. The summed E-state index contributed by atoms with van der Waals surface area (Å²) in [5.41, 5.74) is 2.07. The molecule has 0 aliphatic heterocycles. The number of hydrogen-bond acceptors (Lipinski definition) is 3. The normalized spacial score (nSPS) is 10.5. The van der Waals surface area contributed by atoms with Crippen LogP contribution in [0.15, 0.2) is 46.9 Å². The molecule has 0 saturated heterocycles. The van der Waals surface area contributed by atoms with E-state index in [1.165, 1.54) is 0 Å². The van der Waals surface area contributed by atoms with Crippen molar-refractivity contribution < 1.29 is 9.47 Å². The van der Waals surface area contributed by atoms with Crippen molar-refractivity contribution in [2.75, 3.05) is 13.7 Å². The van der Waals surface area contributed by atoms with Crippen molar-refractivity contribution in [1.82, 2.24) is 0 Å². The first kappa shape index (κ1) is 16.7. The van der Waals surface area contributed by atoms with Gasteiger partial charge in [-0.1, -0.05) is 52.2 Å². The first-order chi connectivity index (χ1) is 11.2. The average Bonchev–Trinajstić information content (AvgIpc) is 2.58. The maximum Gasteiger partial charge on any atom is 0.169 e. The molecule has 3 nitrogen and oxygen atoms in total. The Morgan fingerprint density at radius 2 is 2.04 bits per heavy atom. The lowest BCUT2D eigenvalue weighted by molar-refractivity contribution is 0.330. The zero-order valence-corrected chi connectivity index (χ0v) is 14.1. The number of nitrogens with zero attached hydrogens (tertiary/aromatic N) is 1. The summed E-state index contributed by atoms with van der Waals surface area (Å²) in [5, 5.41) is 9.47. The van der Waals surface area contributed by atoms with Gasteiger partial charge in [-0.25, -0.2) is 0 Å². The van der Waals surface area contributed by atoms with E-state index in [9.17, 15) is 5.26 Å². The zero-order chi connectivity index (χ0) is 16.7. The van der Waals surface area contributed by atoms with Gasteiger partial charge >= 0.3 is 0 Å². The molecule has 0 saturated carbocycles. The van der Waals surface area contributed by atoms with Crippen LogP contribution in [0.5, 0.6) is 11.5 Å². The number of methoxy groups -OCH3 is 1. The Balaban J connectivity index is 2.57. The van der Waals surface area contributed by atoms with Crippen molar-refractivity contribution in [3.8, 4) is 29.9 Å². The number of allylic oxidation sites excluding steroid dienone is 1. The highest BCUT2D eigenvalue weighted by Gasteiger charge is 2.12. The second kappa shape index (κ2) is 8.08. The van der Waals surface area contributed by atoms with Crippen LogP contribution in [0.2, 0.25) is 0 Å². The fourth-order valence-electron chi connectivity index (χ4n) is 2.07. The Kier molecular flexibility index (Phi) is 5.86. The molecule has 0 unspecified atom stereocenters. The predicted molar refractivity (Wildman–Crippen MR) is 94.9 cm³/mol. The first-order valence-electron chi connectivity index (χ1n) is 6.80. The molecule has 114 valence electrons. The van der Waals surface area contributed by atoms with Gasteiger partial charge in [0.05, 0.1) is 18.8 Å². The molecule has 2 aromatic rings. The number of benzene rings is 2. The number of terminal acetylenes is 1. The van der Waals surface area contributed by atoms with Gasteiger partial charge in [0.25, 0.3) is 0 Å². The van der Waals surface area contributed by atoms with E-state index < -0.39 is 0 Å². The van der Waals surface area contributed by atoms with Gasteiger partial charge in [0, 0.05) is 10.0 Å². The lowest BCUT2D eigenvalue weighted by Gasteiger charge is -2.13. The molecule has 4 heteroatoms. The second-order valence-corrected chi connectivity index (χ2v) is 5.47. The van der Waals surface area contributed by atoms with Gasteiger partial charge in [-0.2, -0.15) is 5.26 Å². The Morgan fingerprint density at radius 1 is 1.30 bits per heavy atom. The predicted octanol–water partition coefficient (Wildman–Crippen LogP) is 4.53. The molecule has 0 aliphatic carbocycles. The molecule has 0 amide bonds. The number of hydrogen-bond donors (Lipinski definition) is 0. The Labute approximate surface area is 144 Å². The first-order valence-corrected chi connectivity index (χ1v) is 7.60. The number of nitriles is 1. The molecule has 0 fully saturated rings. The molecule has 0 spiro atoms.